The molecule has 0 bridgehead atoms. The fraction of sp³-hybridized carbons (Fsp3) is 0.385. The number of thioether (sulfide) groups is 1. The molecule has 19 heavy (non-hydrogen) atoms. The Morgan fingerprint density at radius 3 is 3.11 bits per heavy atom. The molecule has 2 aromatic heterocycles. The monoisotopic (exact) mass is 296 g/mol. The van der Waals surface area contributed by atoms with Gasteiger partial charge < -0.3 is 9.84 Å². The van der Waals surface area contributed by atoms with Crippen LogP contribution in [0.4, 0.5) is 0 Å². The van der Waals surface area contributed by atoms with Gasteiger partial charge in [-0.05, 0) is 25.3 Å². The largest absolute Gasteiger partial charge is 0.360 e. The van der Waals surface area contributed by atoms with Gasteiger partial charge in [0.15, 0.2) is 0 Å². The smallest absolute Gasteiger partial charge is 0.233 e. The van der Waals surface area contributed by atoms with Gasteiger partial charge in [-0.25, -0.2) is 0 Å². The third kappa shape index (κ3) is 4.40. The Morgan fingerprint density at radius 2 is 2.47 bits per heavy atom. The number of aromatic nitrogens is 1. The van der Waals surface area contributed by atoms with Crippen molar-refractivity contribution in [3.63, 3.8) is 0 Å². The zero-order chi connectivity index (χ0) is 13.7. The van der Waals surface area contributed by atoms with Crippen LogP contribution in [0.1, 0.15) is 23.3 Å². The lowest BCUT2D eigenvalue weighted by Gasteiger charge is -2.10. The third-order valence-corrected chi connectivity index (χ3v) is 4.58. The number of carbonyl (C=O) groups is 1. The van der Waals surface area contributed by atoms with Gasteiger partial charge in [0.1, 0.15) is 5.76 Å². The molecule has 102 valence electrons. The quantitative estimate of drug-likeness (QED) is 0.890. The number of nitrogens with zero attached hydrogens (tertiary/aromatic N) is 1. The van der Waals surface area contributed by atoms with Gasteiger partial charge in [0.05, 0.1) is 23.2 Å². The van der Waals surface area contributed by atoms with E-state index in [4.69, 9.17) is 4.52 Å². The van der Waals surface area contributed by atoms with Crippen molar-refractivity contribution in [1.82, 2.24) is 10.5 Å². The van der Waals surface area contributed by atoms with Crippen LogP contribution in [0, 0.1) is 6.92 Å². The summed E-state index contributed by atoms with van der Waals surface area (Å²) in [4.78, 5) is 13.1. The Balaban J connectivity index is 1.73. The van der Waals surface area contributed by atoms with E-state index in [-0.39, 0.29) is 11.2 Å². The number of aryl methyl sites for hydroxylation is 1. The van der Waals surface area contributed by atoms with Crippen molar-refractivity contribution in [3.05, 3.63) is 39.9 Å². The first-order valence-electron chi connectivity index (χ1n) is 5.99. The number of hydrogen-bond donors (Lipinski definition) is 1. The molecule has 0 fully saturated rings. The topological polar surface area (TPSA) is 55.1 Å². The molecule has 0 saturated carbocycles. The predicted octanol–water partition coefficient (Wildman–Crippen LogP) is 2.98. The number of thiophene rings is 1. The zero-order valence-electron chi connectivity index (χ0n) is 10.9. The van der Waals surface area contributed by atoms with Crippen molar-refractivity contribution in [2.75, 3.05) is 0 Å². The summed E-state index contributed by atoms with van der Waals surface area (Å²) in [5.74, 6) is 1.52. The highest BCUT2D eigenvalue weighted by molar-refractivity contribution is 7.99. The summed E-state index contributed by atoms with van der Waals surface area (Å²) in [5, 5.41) is 8.65. The summed E-state index contributed by atoms with van der Waals surface area (Å²) in [6.45, 7) is 4.38. The Kier molecular flexibility index (Phi) is 5.04. The Bertz CT molecular complexity index is 522. The SMILES string of the molecule is Cc1cc(CS[C@@H](C)C(=O)NCc2cccs2)on1. The molecule has 1 atom stereocenters. The molecular weight excluding hydrogens is 280 g/mol. The summed E-state index contributed by atoms with van der Waals surface area (Å²) in [6, 6.07) is 5.89. The lowest BCUT2D eigenvalue weighted by Crippen LogP contribution is -2.30. The van der Waals surface area contributed by atoms with Crippen molar-refractivity contribution in [2.45, 2.75) is 31.4 Å². The van der Waals surface area contributed by atoms with Gasteiger partial charge in [-0.3, -0.25) is 4.79 Å². The highest BCUT2D eigenvalue weighted by Gasteiger charge is 2.14. The molecule has 6 heteroatoms. The molecule has 2 aromatic rings. The Labute approximate surface area is 120 Å². The van der Waals surface area contributed by atoms with Crippen molar-refractivity contribution < 1.29 is 9.32 Å². The maximum absolute atomic E-state index is 11.9. The second-order valence-electron chi connectivity index (χ2n) is 4.19. The standard InChI is InChI=1S/C13H16N2O2S2/c1-9-6-11(17-15-9)8-19-10(2)13(16)14-7-12-4-3-5-18-12/h3-6,10H,7-8H2,1-2H3,(H,14,16)/t10-/m0/s1. The summed E-state index contributed by atoms with van der Waals surface area (Å²) in [6.07, 6.45) is 0. The molecule has 0 aliphatic carbocycles. The number of rotatable bonds is 6. The summed E-state index contributed by atoms with van der Waals surface area (Å²) in [5.41, 5.74) is 0.866. The van der Waals surface area contributed by atoms with Crippen LogP contribution in [-0.2, 0) is 17.1 Å². The molecule has 0 saturated heterocycles. The van der Waals surface area contributed by atoms with Gasteiger partial charge in [-0.15, -0.1) is 23.1 Å². The lowest BCUT2D eigenvalue weighted by molar-refractivity contribution is -0.120. The van der Waals surface area contributed by atoms with E-state index >= 15 is 0 Å². The first-order chi connectivity index (χ1) is 9.15. The van der Waals surface area contributed by atoms with Crippen molar-refractivity contribution in [1.29, 1.82) is 0 Å². The Morgan fingerprint density at radius 1 is 1.63 bits per heavy atom. The van der Waals surface area contributed by atoms with Crippen LogP contribution in [0.3, 0.4) is 0 Å². The van der Waals surface area contributed by atoms with Crippen LogP contribution in [-0.4, -0.2) is 16.3 Å². The summed E-state index contributed by atoms with van der Waals surface area (Å²) < 4.78 is 5.11. The summed E-state index contributed by atoms with van der Waals surface area (Å²) >= 11 is 3.19. The Hall–Kier alpha value is -1.27. The lowest BCUT2D eigenvalue weighted by atomic mass is 10.4. The van der Waals surface area contributed by atoms with E-state index in [0.717, 1.165) is 16.3 Å². The molecule has 0 aliphatic heterocycles. The van der Waals surface area contributed by atoms with Crippen LogP contribution in [0.15, 0.2) is 28.1 Å². The number of carbonyl (C=O) groups excluding carboxylic acids is 1. The van der Waals surface area contributed by atoms with E-state index < -0.39 is 0 Å². The molecule has 1 N–H and O–H groups in total. The highest BCUT2D eigenvalue weighted by atomic mass is 32.2. The molecule has 0 aromatic carbocycles. The maximum atomic E-state index is 11.9. The minimum absolute atomic E-state index is 0.0506. The van der Waals surface area contributed by atoms with Crippen LogP contribution >= 0.6 is 23.1 Å². The van der Waals surface area contributed by atoms with Gasteiger partial charge in [0.2, 0.25) is 5.91 Å². The molecular formula is C13H16N2O2S2. The van der Waals surface area contributed by atoms with E-state index in [1.807, 2.05) is 37.4 Å². The molecule has 4 nitrogen and oxygen atoms in total. The van der Waals surface area contributed by atoms with Crippen molar-refractivity contribution in [2.24, 2.45) is 0 Å². The number of hydrogen-bond acceptors (Lipinski definition) is 5. The number of amides is 1. The van der Waals surface area contributed by atoms with Crippen molar-refractivity contribution >= 4 is 29.0 Å². The minimum atomic E-state index is -0.106. The fourth-order valence-corrected chi connectivity index (χ4v) is 2.93. The minimum Gasteiger partial charge on any atom is -0.360 e. The van der Waals surface area contributed by atoms with Crippen LogP contribution < -0.4 is 5.32 Å². The average Bonchev–Trinajstić information content (AvgIpc) is 3.04. The third-order valence-electron chi connectivity index (χ3n) is 2.54. The van der Waals surface area contributed by atoms with Crippen molar-refractivity contribution in [3.8, 4) is 0 Å². The normalized spacial score (nSPS) is 12.3. The van der Waals surface area contributed by atoms with Gasteiger partial charge in [0.25, 0.3) is 0 Å². The predicted molar refractivity (Wildman–Crippen MR) is 78.2 cm³/mol. The van der Waals surface area contributed by atoms with E-state index in [0.29, 0.717) is 12.3 Å². The molecule has 2 heterocycles. The average molecular weight is 296 g/mol. The second kappa shape index (κ2) is 6.77. The maximum Gasteiger partial charge on any atom is 0.233 e. The van der Waals surface area contributed by atoms with E-state index in [9.17, 15) is 4.79 Å². The van der Waals surface area contributed by atoms with Crippen LogP contribution in [0.5, 0.6) is 0 Å². The van der Waals surface area contributed by atoms with Gasteiger partial charge >= 0.3 is 0 Å². The second-order valence-corrected chi connectivity index (χ2v) is 6.55. The fourth-order valence-electron chi connectivity index (χ4n) is 1.50. The molecule has 1 amide bonds. The zero-order valence-corrected chi connectivity index (χ0v) is 12.5. The highest BCUT2D eigenvalue weighted by Crippen LogP contribution is 2.18. The van der Waals surface area contributed by atoms with E-state index in [1.165, 1.54) is 0 Å². The van der Waals surface area contributed by atoms with Gasteiger partial charge in [-0.1, -0.05) is 11.2 Å². The van der Waals surface area contributed by atoms with Crippen LogP contribution in [0.2, 0.25) is 0 Å². The molecule has 0 aliphatic rings. The molecule has 0 radical (unpaired) electrons. The molecule has 2 rings (SSSR count). The first-order valence-corrected chi connectivity index (χ1v) is 7.92. The summed E-state index contributed by atoms with van der Waals surface area (Å²) in [7, 11) is 0. The molecule has 0 spiro atoms. The number of nitrogens with one attached hydrogen (secondary N) is 1. The van der Waals surface area contributed by atoms with E-state index in [1.54, 1.807) is 23.1 Å². The van der Waals surface area contributed by atoms with E-state index in [2.05, 4.69) is 10.5 Å². The molecule has 0 unspecified atom stereocenters. The van der Waals surface area contributed by atoms with Gasteiger partial charge in [-0.2, -0.15) is 0 Å². The van der Waals surface area contributed by atoms with Crippen LogP contribution in [0.25, 0.3) is 0 Å². The first kappa shape index (κ1) is 14.1. The van der Waals surface area contributed by atoms with Gasteiger partial charge in [0, 0.05) is 10.9 Å².